The summed E-state index contributed by atoms with van der Waals surface area (Å²) in [6, 6.07) is 0. The highest BCUT2D eigenvalue weighted by Gasteiger charge is 2.16. The van der Waals surface area contributed by atoms with Gasteiger partial charge in [0.1, 0.15) is 6.61 Å². The molecule has 6 heteroatoms. The van der Waals surface area contributed by atoms with Crippen LogP contribution in [-0.4, -0.2) is 47.6 Å². The van der Waals surface area contributed by atoms with Crippen LogP contribution in [0.1, 0.15) is 181 Å². The number of ether oxygens (including phenoxy) is 2. The van der Waals surface area contributed by atoms with Gasteiger partial charge in [0.2, 0.25) is 0 Å². The molecule has 0 saturated carbocycles. The van der Waals surface area contributed by atoms with Gasteiger partial charge in [0.15, 0.2) is 6.10 Å². The lowest BCUT2D eigenvalue weighted by molar-refractivity contribution is -0.161. The fourth-order valence-electron chi connectivity index (χ4n) is 5.39. The topological polar surface area (TPSA) is 93.1 Å². The van der Waals surface area contributed by atoms with Gasteiger partial charge in [-0.25, -0.2) is 0 Å². The molecule has 0 amide bonds. The molecule has 0 aromatic heterocycles. The lowest BCUT2D eigenvalue weighted by Crippen LogP contribution is -2.28. The molecule has 2 atom stereocenters. The van der Waals surface area contributed by atoms with Gasteiger partial charge in [-0.05, 0) is 44.9 Å². The van der Waals surface area contributed by atoms with Crippen LogP contribution in [0.5, 0.6) is 0 Å². The summed E-state index contributed by atoms with van der Waals surface area (Å²) in [7, 11) is 0. The summed E-state index contributed by atoms with van der Waals surface area (Å²) in [6.45, 7) is 3.99. The number of hydrogen-bond donors (Lipinski definition) is 2. The second-order valence-electron chi connectivity index (χ2n) is 13.2. The number of hydrogen-bond acceptors (Lipinski definition) is 6. The standard InChI is InChI=1S/C42H74O6/c1-3-5-7-9-11-13-14-15-16-17-18-19-21-23-27-31-35-41(45)47-38-40(37-43)48-42(46)36-32-28-24-26-30-34-39(44)33-29-25-22-20-12-10-8-6-4-2/h12,20,24-26,29-30,34,39-40,43-44H,3-11,13-19,21-23,27-28,31-33,35-38H2,1-2H3/b20-12-,26-24+,29-25-,34-30-/t39?,40-/m0/s1. The number of unbranched alkanes of at least 4 members (excludes halogenated alkanes) is 19. The van der Waals surface area contributed by atoms with E-state index in [0.717, 1.165) is 32.1 Å². The first-order valence-corrected chi connectivity index (χ1v) is 19.8. The molecule has 0 aliphatic carbocycles. The number of esters is 2. The van der Waals surface area contributed by atoms with E-state index in [4.69, 9.17) is 9.47 Å². The van der Waals surface area contributed by atoms with Gasteiger partial charge in [-0.15, -0.1) is 0 Å². The SMILES string of the molecule is CCCCC/C=C\C/C=C\CC(O)/C=C\C=C\CCCC(=O)O[C@@H](CO)COC(=O)CCCCCCCCCCCCCCCCCC. The molecule has 0 bridgehead atoms. The Morgan fingerprint density at radius 1 is 0.583 bits per heavy atom. The van der Waals surface area contributed by atoms with Crippen molar-refractivity contribution in [2.75, 3.05) is 13.2 Å². The van der Waals surface area contributed by atoms with Gasteiger partial charge in [-0.2, -0.15) is 0 Å². The monoisotopic (exact) mass is 675 g/mol. The van der Waals surface area contributed by atoms with Crippen molar-refractivity contribution in [3.05, 3.63) is 48.6 Å². The molecule has 0 heterocycles. The fraction of sp³-hybridized carbons (Fsp3) is 0.762. The third kappa shape index (κ3) is 35.1. The summed E-state index contributed by atoms with van der Waals surface area (Å²) in [6.07, 6.45) is 43.4. The minimum absolute atomic E-state index is 0.113. The van der Waals surface area contributed by atoms with Crippen molar-refractivity contribution in [3.63, 3.8) is 0 Å². The highest BCUT2D eigenvalue weighted by molar-refractivity contribution is 5.70. The molecule has 0 aromatic rings. The Hall–Kier alpha value is -2.18. The maximum Gasteiger partial charge on any atom is 0.306 e. The number of rotatable bonds is 35. The fourth-order valence-corrected chi connectivity index (χ4v) is 5.39. The lowest BCUT2D eigenvalue weighted by atomic mass is 10.0. The number of allylic oxidation sites excluding steroid dienone is 6. The Morgan fingerprint density at radius 3 is 1.71 bits per heavy atom. The van der Waals surface area contributed by atoms with E-state index in [1.807, 2.05) is 24.3 Å². The van der Waals surface area contributed by atoms with Crippen LogP contribution in [0.3, 0.4) is 0 Å². The quantitative estimate of drug-likeness (QED) is 0.0301. The van der Waals surface area contributed by atoms with Crippen LogP contribution in [-0.2, 0) is 19.1 Å². The van der Waals surface area contributed by atoms with Gasteiger partial charge >= 0.3 is 11.9 Å². The first kappa shape index (κ1) is 45.8. The van der Waals surface area contributed by atoms with Crippen LogP contribution in [0.2, 0.25) is 0 Å². The first-order chi connectivity index (χ1) is 23.5. The van der Waals surface area contributed by atoms with Crippen molar-refractivity contribution in [2.45, 2.75) is 193 Å². The third-order valence-corrected chi connectivity index (χ3v) is 8.46. The van der Waals surface area contributed by atoms with Crippen molar-refractivity contribution in [3.8, 4) is 0 Å². The maximum atomic E-state index is 12.1. The number of aliphatic hydroxyl groups excluding tert-OH is 2. The predicted molar refractivity (Wildman–Crippen MR) is 202 cm³/mol. The number of carbonyl (C=O) groups excluding carboxylic acids is 2. The summed E-state index contributed by atoms with van der Waals surface area (Å²) in [4.78, 5) is 24.2. The van der Waals surface area contributed by atoms with Gasteiger partial charge in [-0.1, -0.05) is 172 Å². The second-order valence-corrected chi connectivity index (χ2v) is 13.2. The average molecular weight is 675 g/mol. The number of aliphatic hydroxyl groups is 2. The molecule has 6 nitrogen and oxygen atoms in total. The van der Waals surface area contributed by atoms with Crippen LogP contribution in [0, 0.1) is 0 Å². The largest absolute Gasteiger partial charge is 0.462 e. The van der Waals surface area contributed by atoms with E-state index in [1.54, 1.807) is 6.08 Å². The molecule has 0 aliphatic rings. The lowest BCUT2D eigenvalue weighted by Gasteiger charge is -2.15. The van der Waals surface area contributed by atoms with Gasteiger partial charge in [0.25, 0.3) is 0 Å². The molecule has 0 radical (unpaired) electrons. The minimum Gasteiger partial charge on any atom is -0.462 e. The molecule has 0 fully saturated rings. The van der Waals surface area contributed by atoms with E-state index in [9.17, 15) is 19.8 Å². The van der Waals surface area contributed by atoms with Crippen LogP contribution >= 0.6 is 0 Å². The van der Waals surface area contributed by atoms with Crippen molar-refractivity contribution in [2.24, 2.45) is 0 Å². The summed E-state index contributed by atoms with van der Waals surface area (Å²) in [5.74, 6) is -0.718. The molecule has 0 aromatic carbocycles. The second kappa shape index (κ2) is 37.6. The molecular weight excluding hydrogens is 600 g/mol. The molecule has 278 valence electrons. The smallest absolute Gasteiger partial charge is 0.306 e. The highest BCUT2D eigenvalue weighted by Crippen LogP contribution is 2.14. The Kier molecular flexibility index (Phi) is 35.9. The molecular formula is C42H74O6. The van der Waals surface area contributed by atoms with Crippen LogP contribution in [0.15, 0.2) is 48.6 Å². The molecule has 0 saturated heterocycles. The van der Waals surface area contributed by atoms with E-state index in [1.165, 1.54) is 103 Å². The minimum atomic E-state index is -0.830. The normalized spacial score (nSPS) is 13.3. The van der Waals surface area contributed by atoms with E-state index in [0.29, 0.717) is 25.7 Å². The summed E-state index contributed by atoms with van der Waals surface area (Å²) in [5.41, 5.74) is 0. The molecule has 0 spiro atoms. The Labute approximate surface area is 295 Å². The van der Waals surface area contributed by atoms with Gasteiger partial charge in [0.05, 0.1) is 12.7 Å². The first-order valence-electron chi connectivity index (χ1n) is 19.8. The third-order valence-electron chi connectivity index (χ3n) is 8.46. The molecule has 48 heavy (non-hydrogen) atoms. The average Bonchev–Trinajstić information content (AvgIpc) is 3.08. The molecule has 0 rings (SSSR count). The van der Waals surface area contributed by atoms with Crippen molar-refractivity contribution in [1.29, 1.82) is 0 Å². The van der Waals surface area contributed by atoms with Crippen LogP contribution in [0.4, 0.5) is 0 Å². The van der Waals surface area contributed by atoms with E-state index < -0.39 is 18.2 Å². The Morgan fingerprint density at radius 2 is 1.10 bits per heavy atom. The summed E-state index contributed by atoms with van der Waals surface area (Å²) >= 11 is 0. The zero-order chi connectivity index (χ0) is 35.2. The van der Waals surface area contributed by atoms with E-state index >= 15 is 0 Å². The molecule has 1 unspecified atom stereocenters. The van der Waals surface area contributed by atoms with Gasteiger partial charge < -0.3 is 19.7 Å². The molecule has 0 aliphatic heterocycles. The summed E-state index contributed by atoms with van der Waals surface area (Å²) in [5, 5.41) is 19.6. The van der Waals surface area contributed by atoms with Crippen molar-refractivity contribution in [1.82, 2.24) is 0 Å². The maximum absolute atomic E-state index is 12.1. The zero-order valence-electron chi connectivity index (χ0n) is 31.1. The van der Waals surface area contributed by atoms with Crippen LogP contribution < -0.4 is 0 Å². The molecule has 2 N–H and O–H groups in total. The summed E-state index contributed by atoms with van der Waals surface area (Å²) < 4.78 is 10.5. The van der Waals surface area contributed by atoms with Crippen LogP contribution in [0.25, 0.3) is 0 Å². The number of carbonyl (C=O) groups is 2. The highest BCUT2D eigenvalue weighted by atomic mass is 16.6. The predicted octanol–water partition coefficient (Wildman–Crippen LogP) is 11.2. The van der Waals surface area contributed by atoms with Crippen molar-refractivity contribution >= 4 is 11.9 Å². The van der Waals surface area contributed by atoms with Gasteiger partial charge in [-0.3, -0.25) is 9.59 Å². The zero-order valence-corrected chi connectivity index (χ0v) is 31.1. The van der Waals surface area contributed by atoms with Crippen molar-refractivity contribution < 1.29 is 29.3 Å². The Bertz CT molecular complexity index is 830. The van der Waals surface area contributed by atoms with Gasteiger partial charge in [0, 0.05) is 12.8 Å². The Balaban J connectivity index is 3.73. The van der Waals surface area contributed by atoms with E-state index in [2.05, 4.69) is 32.1 Å². The van der Waals surface area contributed by atoms with E-state index in [-0.39, 0.29) is 25.6 Å².